The molecular weight excluding hydrogens is 152 g/mol. The summed E-state index contributed by atoms with van der Waals surface area (Å²) < 4.78 is 0. The number of primary amides is 1. The summed E-state index contributed by atoms with van der Waals surface area (Å²) in [6.45, 7) is 1.97. The van der Waals surface area contributed by atoms with E-state index < -0.39 is 0 Å². The van der Waals surface area contributed by atoms with E-state index >= 15 is 0 Å². The Morgan fingerprint density at radius 2 is 2.33 bits per heavy atom. The highest BCUT2D eigenvalue weighted by atomic mass is 16.1. The van der Waals surface area contributed by atoms with E-state index in [2.05, 4.69) is 4.98 Å². The summed E-state index contributed by atoms with van der Waals surface area (Å²) in [5.41, 5.74) is 7.19. The van der Waals surface area contributed by atoms with Crippen molar-refractivity contribution >= 4 is 5.91 Å². The Hall–Kier alpha value is -1.38. The number of rotatable bonds is 3. The third-order valence-corrected chi connectivity index (χ3v) is 1.59. The topological polar surface area (TPSA) is 56.0 Å². The fourth-order valence-corrected chi connectivity index (χ4v) is 1.02. The summed E-state index contributed by atoms with van der Waals surface area (Å²) in [6, 6.07) is 2.01. The Morgan fingerprint density at radius 3 is 2.92 bits per heavy atom. The second-order valence-electron chi connectivity index (χ2n) is 2.84. The molecule has 3 nitrogen and oxygen atoms in total. The summed E-state index contributed by atoms with van der Waals surface area (Å²) in [6.07, 6.45) is 4.62. The molecule has 2 N–H and O–H groups in total. The third kappa shape index (κ3) is 2.70. The van der Waals surface area contributed by atoms with Crippen molar-refractivity contribution < 1.29 is 4.79 Å². The number of carbonyl (C=O) groups excluding carboxylic acids is 1. The Bertz CT molecular complexity index is 284. The van der Waals surface area contributed by atoms with Crippen molar-refractivity contribution in [2.45, 2.75) is 19.8 Å². The van der Waals surface area contributed by atoms with Crippen molar-refractivity contribution in [3.8, 4) is 0 Å². The number of nitrogens with zero attached hydrogens (tertiary/aromatic N) is 1. The first-order valence-electron chi connectivity index (χ1n) is 3.87. The van der Waals surface area contributed by atoms with E-state index in [9.17, 15) is 4.79 Å². The molecule has 0 radical (unpaired) electrons. The number of hydrogen-bond acceptors (Lipinski definition) is 2. The summed E-state index contributed by atoms with van der Waals surface area (Å²) >= 11 is 0. The van der Waals surface area contributed by atoms with Crippen molar-refractivity contribution in [2.24, 2.45) is 5.73 Å². The quantitative estimate of drug-likeness (QED) is 0.718. The number of amides is 1. The van der Waals surface area contributed by atoms with E-state index in [1.165, 1.54) is 0 Å². The predicted octanol–water partition coefficient (Wildman–Crippen LogP) is 0.808. The molecule has 0 fully saturated rings. The van der Waals surface area contributed by atoms with Crippen LogP contribution < -0.4 is 5.73 Å². The van der Waals surface area contributed by atoms with Gasteiger partial charge in [-0.1, -0.05) is 6.07 Å². The largest absolute Gasteiger partial charge is 0.370 e. The van der Waals surface area contributed by atoms with Gasteiger partial charge in [0.25, 0.3) is 0 Å². The summed E-state index contributed by atoms with van der Waals surface area (Å²) in [7, 11) is 0. The normalized spacial score (nSPS) is 9.75. The van der Waals surface area contributed by atoms with E-state index in [0.717, 1.165) is 11.1 Å². The van der Waals surface area contributed by atoms with Crippen molar-refractivity contribution in [3.63, 3.8) is 0 Å². The molecule has 0 aliphatic carbocycles. The highest BCUT2D eigenvalue weighted by molar-refractivity contribution is 5.73. The van der Waals surface area contributed by atoms with E-state index in [0.29, 0.717) is 12.8 Å². The van der Waals surface area contributed by atoms with Crippen molar-refractivity contribution in [2.75, 3.05) is 0 Å². The first kappa shape index (κ1) is 8.71. The molecule has 0 aliphatic rings. The molecule has 0 aliphatic heterocycles. The summed E-state index contributed by atoms with van der Waals surface area (Å²) in [5, 5.41) is 0. The van der Waals surface area contributed by atoms with Crippen LogP contribution in [-0.2, 0) is 11.2 Å². The van der Waals surface area contributed by atoms with Crippen molar-refractivity contribution in [1.82, 2.24) is 4.98 Å². The maximum absolute atomic E-state index is 10.5. The zero-order chi connectivity index (χ0) is 8.97. The minimum Gasteiger partial charge on any atom is -0.370 e. The van der Waals surface area contributed by atoms with Gasteiger partial charge in [-0.3, -0.25) is 9.78 Å². The molecule has 1 heterocycles. The highest BCUT2D eigenvalue weighted by Crippen LogP contribution is 2.03. The first-order valence-corrected chi connectivity index (χ1v) is 3.87. The smallest absolute Gasteiger partial charge is 0.217 e. The molecule has 0 saturated carbocycles. The lowest BCUT2D eigenvalue weighted by Crippen LogP contribution is -2.11. The number of nitrogens with two attached hydrogens (primary N) is 1. The Balaban J connectivity index is 2.57. The molecule has 1 aromatic heterocycles. The van der Waals surface area contributed by atoms with Crippen LogP contribution in [0.2, 0.25) is 0 Å². The lowest BCUT2D eigenvalue weighted by atomic mass is 10.1. The van der Waals surface area contributed by atoms with Gasteiger partial charge in [0.2, 0.25) is 5.91 Å². The maximum atomic E-state index is 10.5. The molecule has 0 aromatic carbocycles. The van der Waals surface area contributed by atoms with Gasteiger partial charge in [-0.25, -0.2) is 0 Å². The standard InChI is InChI=1S/C9H12N2O/c1-7-4-8(6-11-5-7)2-3-9(10)12/h4-6H,2-3H2,1H3,(H2,10,12). The second kappa shape index (κ2) is 3.85. The van der Waals surface area contributed by atoms with E-state index in [1.807, 2.05) is 13.0 Å². The fourth-order valence-electron chi connectivity index (χ4n) is 1.02. The molecule has 12 heavy (non-hydrogen) atoms. The van der Waals surface area contributed by atoms with Crippen LogP contribution >= 0.6 is 0 Å². The molecule has 0 atom stereocenters. The van der Waals surface area contributed by atoms with Gasteiger partial charge in [0, 0.05) is 18.8 Å². The van der Waals surface area contributed by atoms with Crippen LogP contribution in [0.4, 0.5) is 0 Å². The summed E-state index contributed by atoms with van der Waals surface area (Å²) in [5.74, 6) is -0.267. The van der Waals surface area contributed by atoms with Crippen molar-refractivity contribution in [3.05, 3.63) is 29.6 Å². The van der Waals surface area contributed by atoms with E-state index in [-0.39, 0.29) is 5.91 Å². The molecule has 64 valence electrons. The second-order valence-corrected chi connectivity index (χ2v) is 2.84. The SMILES string of the molecule is Cc1cncc(CCC(N)=O)c1. The third-order valence-electron chi connectivity index (χ3n) is 1.59. The molecule has 1 amide bonds. The first-order chi connectivity index (χ1) is 5.68. The minimum absolute atomic E-state index is 0.267. The van der Waals surface area contributed by atoms with Gasteiger partial charge in [0.05, 0.1) is 0 Å². The molecule has 0 unspecified atom stereocenters. The zero-order valence-corrected chi connectivity index (χ0v) is 7.08. The molecule has 0 saturated heterocycles. The van der Waals surface area contributed by atoms with Crippen LogP contribution in [0, 0.1) is 6.92 Å². The fraction of sp³-hybridized carbons (Fsp3) is 0.333. The number of carbonyl (C=O) groups is 1. The zero-order valence-electron chi connectivity index (χ0n) is 7.08. The average molecular weight is 164 g/mol. The van der Waals surface area contributed by atoms with Gasteiger partial charge >= 0.3 is 0 Å². The Morgan fingerprint density at radius 1 is 1.58 bits per heavy atom. The van der Waals surface area contributed by atoms with Crippen LogP contribution in [0.25, 0.3) is 0 Å². The van der Waals surface area contributed by atoms with Gasteiger partial charge in [-0.05, 0) is 24.5 Å². The molecule has 3 heteroatoms. The molecule has 0 spiro atoms. The molecule has 1 rings (SSSR count). The minimum atomic E-state index is -0.267. The van der Waals surface area contributed by atoms with E-state index in [1.54, 1.807) is 12.4 Å². The number of aryl methyl sites for hydroxylation is 2. The lowest BCUT2D eigenvalue weighted by molar-refractivity contribution is -0.117. The molecule has 0 bridgehead atoms. The number of hydrogen-bond donors (Lipinski definition) is 1. The van der Waals surface area contributed by atoms with Gasteiger partial charge in [-0.2, -0.15) is 0 Å². The van der Waals surface area contributed by atoms with Crippen LogP contribution in [-0.4, -0.2) is 10.9 Å². The predicted molar refractivity (Wildman–Crippen MR) is 46.5 cm³/mol. The van der Waals surface area contributed by atoms with Crippen LogP contribution in [0.15, 0.2) is 18.5 Å². The Kier molecular flexibility index (Phi) is 2.80. The average Bonchev–Trinajstić information content (AvgIpc) is 2.01. The summed E-state index contributed by atoms with van der Waals surface area (Å²) in [4.78, 5) is 14.5. The van der Waals surface area contributed by atoms with Gasteiger partial charge < -0.3 is 5.73 Å². The highest BCUT2D eigenvalue weighted by Gasteiger charge is 1.97. The van der Waals surface area contributed by atoms with Crippen LogP contribution in [0.1, 0.15) is 17.5 Å². The molecular formula is C9H12N2O. The number of aromatic nitrogens is 1. The maximum Gasteiger partial charge on any atom is 0.217 e. The van der Waals surface area contributed by atoms with Gasteiger partial charge in [-0.15, -0.1) is 0 Å². The van der Waals surface area contributed by atoms with Gasteiger partial charge in [0.15, 0.2) is 0 Å². The van der Waals surface area contributed by atoms with E-state index in [4.69, 9.17) is 5.73 Å². The van der Waals surface area contributed by atoms with Crippen LogP contribution in [0.3, 0.4) is 0 Å². The molecule has 1 aromatic rings. The Labute approximate surface area is 71.6 Å². The number of pyridine rings is 1. The monoisotopic (exact) mass is 164 g/mol. The van der Waals surface area contributed by atoms with Gasteiger partial charge in [0.1, 0.15) is 0 Å². The van der Waals surface area contributed by atoms with Crippen molar-refractivity contribution in [1.29, 1.82) is 0 Å². The van der Waals surface area contributed by atoms with Crippen LogP contribution in [0.5, 0.6) is 0 Å². The lowest BCUT2D eigenvalue weighted by Gasteiger charge is -1.98.